The molecule has 132 valence electrons. The number of benzene rings is 1. The van der Waals surface area contributed by atoms with Crippen LogP contribution >= 0.6 is 27.5 Å². The summed E-state index contributed by atoms with van der Waals surface area (Å²) in [6.45, 7) is 6.73. The highest BCUT2D eigenvalue weighted by atomic mass is 79.9. The zero-order valence-electron chi connectivity index (χ0n) is 14.4. The first-order chi connectivity index (χ1) is 11.9. The molecule has 0 bridgehead atoms. The van der Waals surface area contributed by atoms with Gasteiger partial charge in [0.25, 0.3) is 5.91 Å². The van der Waals surface area contributed by atoms with Crippen LogP contribution in [0.4, 0.5) is 0 Å². The molecule has 0 saturated heterocycles. The first-order valence-corrected chi connectivity index (χ1v) is 9.45. The predicted molar refractivity (Wildman–Crippen MR) is 104 cm³/mol. The lowest BCUT2D eigenvalue weighted by molar-refractivity contribution is 0.0826. The molecule has 1 aromatic heterocycles. The zero-order chi connectivity index (χ0) is 18.0. The van der Waals surface area contributed by atoms with Gasteiger partial charge in [-0.15, -0.1) is 0 Å². The fourth-order valence-corrected chi connectivity index (χ4v) is 3.62. The van der Waals surface area contributed by atoms with Crippen molar-refractivity contribution in [2.75, 3.05) is 13.1 Å². The van der Waals surface area contributed by atoms with E-state index in [0.717, 1.165) is 24.0 Å². The Labute approximate surface area is 161 Å². The van der Waals surface area contributed by atoms with Gasteiger partial charge < -0.3 is 5.32 Å². The van der Waals surface area contributed by atoms with Crippen LogP contribution in [0.25, 0.3) is 0 Å². The number of aromatic nitrogens is 1. The number of rotatable bonds is 4. The largest absolute Gasteiger partial charge is 0.350 e. The number of carbonyl (C=O) groups excluding carboxylic acids is 1. The molecular weight excluding hydrogens is 402 g/mol. The summed E-state index contributed by atoms with van der Waals surface area (Å²) in [7, 11) is 0. The summed E-state index contributed by atoms with van der Waals surface area (Å²) in [5, 5.41) is 3.22. The SMILES string of the molecule is CC(C)(CNC(=O)c1cc(Br)cnc1Cl)N1CCc2ccccc2C1. The van der Waals surface area contributed by atoms with Gasteiger partial charge in [-0.05, 0) is 53.4 Å². The number of nitrogens with zero attached hydrogens (tertiary/aromatic N) is 2. The topological polar surface area (TPSA) is 45.2 Å². The zero-order valence-corrected chi connectivity index (χ0v) is 16.7. The van der Waals surface area contributed by atoms with Crippen molar-refractivity contribution in [1.82, 2.24) is 15.2 Å². The van der Waals surface area contributed by atoms with E-state index < -0.39 is 0 Å². The summed E-state index contributed by atoms with van der Waals surface area (Å²) >= 11 is 9.37. The Hall–Kier alpha value is -1.43. The molecule has 0 radical (unpaired) electrons. The number of hydrogen-bond donors (Lipinski definition) is 1. The van der Waals surface area contributed by atoms with Crippen molar-refractivity contribution in [2.45, 2.75) is 32.4 Å². The minimum atomic E-state index is -0.204. The molecule has 0 aliphatic carbocycles. The second-order valence-electron chi connectivity index (χ2n) is 6.93. The average Bonchev–Trinajstić information content (AvgIpc) is 2.61. The van der Waals surface area contributed by atoms with Crippen molar-refractivity contribution >= 4 is 33.4 Å². The van der Waals surface area contributed by atoms with E-state index in [1.807, 2.05) is 0 Å². The van der Waals surface area contributed by atoms with Gasteiger partial charge in [0.05, 0.1) is 5.56 Å². The molecule has 1 aliphatic rings. The van der Waals surface area contributed by atoms with Crippen molar-refractivity contribution in [3.8, 4) is 0 Å². The van der Waals surface area contributed by atoms with E-state index in [-0.39, 0.29) is 16.6 Å². The Balaban J connectivity index is 1.66. The van der Waals surface area contributed by atoms with Crippen molar-refractivity contribution in [2.24, 2.45) is 0 Å². The van der Waals surface area contributed by atoms with Gasteiger partial charge in [0.2, 0.25) is 0 Å². The first-order valence-electron chi connectivity index (χ1n) is 8.28. The Morgan fingerprint density at radius 2 is 2.08 bits per heavy atom. The first kappa shape index (κ1) is 18.4. The van der Waals surface area contributed by atoms with Crippen LogP contribution in [0.5, 0.6) is 0 Å². The average molecular weight is 423 g/mol. The predicted octanol–water partition coefficient (Wildman–Crippen LogP) is 4.06. The smallest absolute Gasteiger partial charge is 0.254 e. The fraction of sp³-hybridized carbons (Fsp3) is 0.368. The molecule has 2 heterocycles. The normalized spacial score (nSPS) is 14.9. The molecule has 0 spiro atoms. The van der Waals surface area contributed by atoms with Gasteiger partial charge in [-0.3, -0.25) is 9.69 Å². The maximum absolute atomic E-state index is 12.5. The Kier molecular flexibility index (Phi) is 5.46. The van der Waals surface area contributed by atoms with Crippen LogP contribution in [0.3, 0.4) is 0 Å². The van der Waals surface area contributed by atoms with Gasteiger partial charge in [0, 0.05) is 35.8 Å². The minimum absolute atomic E-state index is 0.158. The number of fused-ring (bicyclic) bond motifs is 1. The van der Waals surface area contributed by atoms with Crippen molar-refractivity contribution in [3.05, 3.63) is 62.8 Å². The highest BCUT2D eigenvalue weighted by Crippen LogP contribution is 2.25. The number of nitrogens with one attached hydrogen (secondary N) is 1. The number of hydrogen-bond acceptors (Lipinski definition) is 3. The maximum Gasteiger partial charge on any atom is 0.254 e. The number of halogens is 2. The van der Waals surface area contributed by atoms with Gasteiger partial charge in [-0.25, -0.2) is 4.98 Å². The van der Waals surface area contributed by atoms with E-state index >= 15 is 0 Å². The molecule has 0 fully saturated rings. The summed E-state index contributed by atoms with van der Waals surface area (Å²) in [5.41, 5.74) is 3.02. The highest BCUT2D eigenvalue weighted by molar-refractivity contribution is 9.10. The van der Waals surface area contributed by atoms with Gasteiger partial charge in [0.1, 0.15) is 5.15 Å². The second-order valence-corrected chi connectivity index (χ2v) is 8.20. The van der Waals surface area contributed by atoms with Crippen molar-refractivity contribution in [1.29, 1.82) is 0 Å². The standard InChI is InChI=1S/C19H21BrClN3O/c1-19(2,24-8-7-13-5-3-4-6-14(13)11-24)12-23-18(25)16-9-15(20)10-22-17(16)21/h3-6,9-10H,7-8,11-12H2,1-2H3,(H,23,25). The molecule has 1 amide bonds. The molecule has 3 rings (SSSR count). The number of amides is 1. The molecule has 4 nitrogen and oxygen atoms in total. The van der Waals surface area contributed by atoms with E-state index in [9.17, 15) is 4.79 Å². The summed E-state index contributed by atoms with van der Waals surface area (Å²) in [5.74, 6) is -0.204. The Morgan fingerprint density at radius 3 is 2.84 bits per heavy atom. The lowest BCUT2D eigenvalue weighted by atomic mass is 9.94. The molecule has 2 aromatic rings. The van der Waals surface area contributed by atoms with Crippen molar-refractivity contribution in [3.63, 3.8) is 0 Å². The van der Waals surface area contributed by atoms with E-state index in [0.29, 0.717) is 12.1 Å². The summed E-state index contributed by atoms with van der Waals surface area (Å²) < 4.78 is 0.731. The van der Waals surface area contributed by atoms with Gasteiger partial charge in [-0.1, -0.05) is 35.9 Å². The van der Waals surface area contributed by atoms with Crippen LogP contribution < -0.4 is 5.32 Å². The summed E-state index contributed by atoms with van der Waals surface area (Å²) in [4.78, 5) is 18.9. The lowest BCUT2D eigenvalue weighted by Gasteiger charge is -2.41. The van der Waals surface area contributed by atoms with Crippen LogP contribution in [-0.4, -0.2) is 34.4 Å². The molecule has 0 saturated carbocycles. The maximum atomic E-state index is 12.5. The molecular formula is C19H21BrClN3O. The number of pyridine rings is 1. The Morgan fingerprint density at radius 1 is 1.36 bits per heavy atom. The van der Waals surface area contributed by atoms with E-state index in [1.165, 1.54) is 11.1 Å². The quantitative estimate of drug-likeness (QED) is 0.756. The Bertz CT molecular complexity index is 794. The second kappa shape index (κ2) is 7.44. The van der Waals surface area contributed by atoms with E-state index in [2.05, 4.69) is 69.2 Å². The molecule has 6 heteroatoms. The highest BCUT2D eigenvalue weighted by Gasteiger charge is 2.30. The monoisotopic (exact) mass is 421 g/mol. The van der Waals surface area contributed by atoms with Crippen LogP contribution in [-0.2, 0) is 13.0 Å². The molecule has 1 aromatic carbocycles. The summed E-state index contributed by atoms with van der Waals surface area (Å²) in [6, 6.07) is 10.2. The third-order valence-corrected chi connectivity index (χ3v) is 5.45. The fourth-order valence-electron chi connectivity index (χ4n) is 3.10. The molecule has 25 heavy (non-hydrogen) atoms. The third kappa shape index (κ3) is 4.22. The van der Waals surface area contributed by atoms with E-state index in [4.69, 9.17) is 11.6 Å². The van der Waals surface area contributed by atoms with Crippen molar-refractivity contribution < 1.29 is 4.79 Å². The minimum Gasteiger partial charge on any atom is -0.350 e. The van der Waals surface area contributed by atoms with Gasteiger partial charge in [0.15, 0.2) is 0 Å². The number of carbonyl (C=O) groups is 1. The van der Waals surface area contributed by atoms with E-state index in [1.54, 1.807) is 12.3 Å². The van der Waals surface area contributed by atoms with Gasteiger partial charge in [-0.2, -0.15) is 0 Å². The van der Waals surface area contributed by atoms with Crippen LogP contribution in [0.1, 0.15) is 35.3 Å². The van der Waals surface area contributed by atoms with Gasteiger partial charge >= 0.3 is 0 Å². The van der Waals surface area contributed by atoms with Crippen LogP contribution in [0.15, 0.2) is 41.0 Å². The molecule has 0 atom stereocenters. The molecule has 0 unspecified atom stereocenters. The lowest BCUT2D eigenvalue weighted by Crippen LogP contribution is -2.53. The van der Waals surface area contributed by atoms with Crippen LogP contribution in [0.2, 0.25) is 5.15 Å². The summed E-state index contributed by atoms with van der Waals surface area (Å²) in [6.07, 6.45) is 2.61. The molecule has 1 aliphatic heterocycles. The third-order valence-electron chi connectivity index (χ3n) is 4.72. The van der Waals surface area contributed by atoms with Crippen LogP contribution in [0, 0.1) is 0 Å². The molecule has 1 N–H and O–H groups in total.